The molecule has 34 nitrogen and oxygen atoms in total. The van der Waals surface area contributed by atoms with Gasteiger partial charge in [-0.25, -0.2) is 32.6 Å². The quantitative estimate of drug-likeness (QED) is 0.0530. The van der Waals surface area contributed by atoms with Gasteiger partial charge >= 0.3 is 48.4 Å². The number of hydrogen-bond donors (Lipinski definition) is 12. The van der Waals surface area contributed by atoms with E-state index in [9.17, 15) is 67.8 Å². The fraction of sp³-hybridized carbons (Fsp3) is 0.556. The zero-order valence-corrected chi connectivity index (χ0v) is 35.9. The average molecular weight is 1010 g/mol. The SMILES string of the molecule is Nc1ccn([C@@H]2O[C@H](COP(=O)(O)O[C@@H]3[C@H](O)[C@@H](COP(=O)(O)O[C@@H]4[C@H](O)[C@@H](COP(=O)(O)OP(=O)(O)O)O[C@H]4n4ccc(N)nc4=O)O[C@H]3n3ccc(N)nc3=O)[C@@H](O)[C@H]2O)c(=O)n1. The average Bonchev–Trinajstić information content (AvgIpc) is 3.76. The molecule has 3 aliphatic heterocycles. The third-order valence-corrected chi connectivity index (χ3v) is 13.4. The molecule has 0 spiro atoms. The van der Waals surface area contributed by atoms with E-state index in [-0.39, 0.29) is 17.5 Å². The fourth-order valence-electron chi connectivity index (χ4n) is 6.37. The first kappa shape index (κ1) is 50.6. The molecule has 0 aromatic carbocycles. The summed E-state index contributed by atoms with van der Waals surface area (Å²) in [6.07, 6.45) is -20.1. The summed E-state index contributed by atoms with van der Waals surface area (Å²) in [4.78, 5) is 97.2. The van der Waals surface area contributed by atoms with Crippen molar-refractivity contribution in [3.05, 3.63) is 68.2 Å². The van der Waals surface area contributed by atoms with Gasteiger partial charge in [-0.15, -0.1) is 0 Å². The van der Waals surface area contributed by atoms with E-state index in [4.69, 9.17) is 59.3 Å². The van der Waals surface area contributed by atoms with Crippen LogP contribution in [0.25, 0.3) is 0 Å². The van der Waals surface area contributed by atoms with Gasteiger partial charge in [-0.3, -0.25) is 36.3 Å². The molecule has 3 fully saturated rings. The minimum absolute atomic E-state index is 0.169. The third kappa shape index (κ3) is 12.2. The van der Waals surface area contributed by atoms with Gasteiger partial charge in [0.1, 0.15) is 72.4 Å². The molecule has 6 heterocycles. The number of nitrogens with two attached hydrogens (primary N) is 3. The van der Waals surface area contributed by atoms with Crippen molar-refractivity contribution < 1.29 is 104 Å². The number of phosphoric acid groups is 4. The standard InChI is InChI=1S/C27H39N9O25P4/c28-13-1-4-34(25(41)31-13)22-19(40)16(37)10(56-22)7-53-63(47,48)59-20-17(38)11(57-23(20)35-5-2-14(29)32-26(35)42)8-54-64(49,50)60-21-18(39)12(9-55-65(51,52)61-62(44,45)46)58-24(21)36-6-3-15(30)33-27(36)43/h1-6,10-12,16-24,37-40H,7-9H2,(H,47,48)(H,49,50)(H,51,52)(H2,28,31,41)(H2,29,32,42)(H2,30,33,43)(H2,44,45,46)/t10-,11-,12-,16-,17-,18-,19-,20-,21-,22-,23-,24-/m1/s1. The maximum atomic E-state index is 13.4. The topological polar surface area (TPSA) is 516 Å². The van der Waals surface area contributed by atoms with Crippen LogP contribution in [0.4, 0.5) is 17.5 Å². The van der Waals surface area contributed by atoms with Crippen molar-refractivity contribution in [3.8, 4) is 0 Å². The lowest BCUT2D eigenvalue weighted by Crippen LogP contribution is -2.39. The maximum absolute atomic E-state index is 13.4. The maximum Gasteiger partial charge on any atom is 0.481 e. The lowest BCUT2D eigenvalue weighted by atomic mass is 10.1. The van der Waals surface area contributed by atoms with Crippen molar-refractivity contribution >= 4 is 48.7 Å². The Bertz CT molecular complexity index is 2600. The molecule has 0 bridgehead atoms. The summed E-state index contributed by atoms with van der Waals surface area (Å²) < 4.78 is 96.7. The van der Waals surface area contributed by atoms with Gasteiger partial charge in [0.15, 0.2) is 18.7 Å². The summed E-state index contributed by atoms with van der Waals surface area (Å²) in [5.74, 6) is -0.781. The first-order chi connectivity index (χ1) is 30.1. The molecule has 3 aromatic rings. The van der Waals surface area contributed by atoms with E-state index in [1.807, 2.05) is 0 Å². The molecule has 0 radical (unpaired) electrons. The molecule has 362 valence electrons. The zero-order chi connectivity index (χ0) is 48.0. The fourth-order valence-corrected chi connectivity index (χ4v) is 9.84. The van der Waals surface area contributed by atoms with Crippen LogP contribution in [0.15, 0.2) is 51.2 Å². The van der Waals surface area contributed by atoms with Crippen LogP contribution in [-0.4, -0.2) is 148 Å². The second-order valence-electron chi connectivity index (χ2n) is 13.8. The third-order valence-electron chi connectivity index (χ3n) is 9.27. The Morgan fingerprint density at radius 3 is 1.20 bits per heavy atom. The van der Waals surface area contributed by atoms with Crippen LogP contribution in [0.2, 0.25) is 0 Å². The number of aliphatic hydroxyl groups excluding tert-OH is 4. The lowest BCUT2D eigenvalue weighted by molar-refractivity contribution is -0.0679. The molecule has 0 amide bonds. The molecule has 3 unspecified atom stereocenters. The largest absolute Gasteiger partial charge is 0.481 e. The number of nitrogen functional groups attached to an aromatic ring is 3. The Morgan fingerprint density at radius 1 is 0.523 bits per heavy atom. The molecule has 6 rings (SSSR count). The number of aliphatic hydroxyl groups is 4. The Balaban J connectivity index is 1.17. The van der Waals surface area contributed by atoms with Crippen LogP contribution >= 0.6 is 31.3 Å². The molecule has 65 heavy (non-hydrogen) atoms. The highest BCUT2D eigenvalue weighted by molar-refractivity contribution is 7.60. The van der Waals surface area contributed by atoms with Gasteiger partial charge in [-0.05, 0) is 18.2 Å². The van der Waals surface area contributed by atoms with E-state index in [1.54, 1.807) is 0 Å². The summed E-state index contributed by atoms with van der Waals surface area (Å²) in [6, 6.07) is 3.30. The molecule has 0 saturated carbocycles. The van der Waals surface area contributed by atoms with E-state index in [0.717, 1.165) is 35.3 Å². The molecule has 15 N–H and O–H groups in total. The molecule has 15 atom stereocenters. The summed E-state index contributed by atoms with van der Waals surface area (Å²) >= 11 is 0. The molecule has 3 aliphatic rings. The van der Waals surface area contributed by atoms with Crippen molar-refractivity contribution in [2.24, 2.45) is 0 Å². The highest BCUT2D eigenvalue weighted by Gasteiger charge is 2.53. The summed E-state index contributed by atoms with van der Waals surface area (Å²) in [6.45, 7) is -3.46. The molecule has 0 aliphatic carbocycles. The molecular weight excluding hydrogens is 974 g/mol. The number of anilines is 3. The summed E-state index contributed by atoms with van der Waals surface area (Å²) in [5.41, 5.74) is 13.2. The van der Waals surface area contributed by atoms with E-state index < -0.39 is 142 Å². The number of ether oxygens (including phenoxy) is 3. The normalized spacial score (nSPS) is 32.2. The van der Waals surface area contributed by atoms with Gasteiger partial charge in [0.05, 0.1) is 19.8 Å². The van der Waals surface area contributed by atoms with Crippen molar-refractivity contribution in [1.29, 1.82) is 0 Å². The Kier molecular flexibility index (Phi) is 15.2. The van der Waals surface area contributed by atoms with Crippen LogP contribution in [-0.2, 0) is 59.4 Å². The van der Waals surface area contributed by atoms with Crippen molar-refractivity contribution in [2.45, 2.75) is 73.6 Å². The van der Waals surface area contributed by atoms with Crippen molar-refractivity contribution in [2.75, 3.05) is 37.0 Å². The number of phosphoric ester groups is 3. The van der Waals surface area contributed by atoms with Crippen molar-refractivity contribution in [3.63, 3.8) is 0 Å². The van der Waals surface area contributed by atoms with Gasteiger partial charge in [0.2, 0.25) is 0 Å². The second-order valence-corrected chi connectivity index (χ2v) is 19.4. The molecular formula is C27H39N9O25P4. The van der Waals surface area contributed by atoms with Crippen LogP contribution in [0, 0.1) is 0 Å². The zero-order valence-electron chi connectivity index (χ0n) is 32.3. The highest BCUT2D eigenvalue weighted by Crippen LogP contribution is 2.58. The van der Waals surface area contributed by atoms with Crippen molar-refractivity contribution in [1.82, 2.24) is 28.7 Å². The van der Waals surface area contributed by atoms with Gasteiger partial charge in [-0.1, -0.05) is 0 Å². The van der Waals surface area contributed by atoms with E-state index in [2.05, 4.69) is 23.8 Å². The van der Waals surface area contributed by atoms with Crippen LogP contribution in [0.3, 0.4) is 0 Å². The Labute approximate surface area is 360 Å². The molecule has 38 heteroatoms. The van der Waals surface area contributed by atoms with Gasteiger partial charge in [-0.2, -0.15) is 19.3 Å². The smallest absolute Gasteiger partial charge is 0.387 e. The minimum Gasteiger partial charge on any atom is -0.387 e. The van der Waals surface area contributed by atoms with Gasteiger partial charge < -0.3 is 76.3 Å². The number of rotatable bonds is 18. The molecule has 3 saturated heterocycles. The number of hydrogen-bond acceptors (Lipinski definition) is 26. The number of nitrogens with zero attached hydrogens (tertiary/aromatic N) is 6. The monoisotopic (exact) mass is 1010 g/mol. The number of aromatic nitrogens is 6. The predicted octanol–water partition coefficient (Wildman–Crippen LogP) is -5.13. The highest BCUT2D eigenvalue weighted by atomic mass is 31.3. The van der Waals surface area contributed by atoms with E-state index >= 15 is 0 Å². The van der Waals surface area contributed by atoms with Crippen LogP contribution < -0.4 is 34.3 Å². The van der Waals surface area contributed by atoms with Gasteiger partial charge in [0, 0.05) is 18.6 Å². The van der Waals surface area contributed by atoms with E-state index in [1.165, 1.54) is 6.07 Å². The summed E-state index contributed by atoms with van der Waals surface area (Å²) in [7, 11) is -22.2. The minimum atomic E-state index is -5.61. The Hall–Kier alpha value is -3.76. The van der Waals surface area contributed by atoms with Crippen LogP contribution in [0.1, 0.15) is 18.7 Å². The Morgan fingerprint density at radius 2 is 0.846 bits per heavy atom. The first-order valence-corrected chi connectivity index (χ1v) is 23.9. The van der Waals surface area contributed by atoms with E-state index in [0.29, 0.717) is 9.13 Å². The van der Waals surface area contributed by atoms with Gasteiger partial charge in [0.25, 0.3) is 0 Å². The van der Waals surface area contributed by atoms with Crippen LogP contribution in [0.5, 0.6) is 0 Å². The summed E-state index contributed by atoms with van der Waals surface area (Å²) in [5, 5.41) is 43.4. The second kappa shape index (κ2) is 19.5. The molecule has 3 aromatic heterocycles. The lowest BCUT2D eigenvalue weighted by Gasteiger charge is -2.25. The predicted molar refractivity (Wildman–Crippen MR) is 205 cm³/mol. The first-order valence-electron chi connectivity index (χ1n) is 17.9.